The molecule has 0 spiro atoms. The molecule has 0 atom stereocenters. The van der Waals surface area contributed by atoms with Gasteiger partial charge in [-0.3, -0.25) is 4.79 Å². The highest BCUT2D eigenvalue weighted by molar-refractivity contribution is 7.89. The van der Waals surface area contributed by atoms with Crippen molar-refractivity contribution in [3.05, 3.63) is 23.8 Å². The van der Waals surface area contributed by atoms with E-state index in [0.717, 1.165) is 12.8 Å². The standard InChI is InChI=1S/C14H22N2O4S/c1-4-5-8-20-12-7-6-11(14(17)16-10(2)3)9-13(12)21(15,18)19/h6-7,9-10H,4-5,8H2,1-3H3,(H,16,17)(H2,15,18,19). The van der Waals surface area contributed by atoms with Crippen LogP contribution in [0.2, 0.25) is 0 Å². The van der Waals surface area contributed by atoms with Crippen molar-refractivity contribution in [1.29, 1.82) is 0 Å². The summed E-state index contributed by atoms with van der Waals surface area (Å²) in [5, 5.41) is 7.89. The summed E-state index contributed by atoms with van der Waals surface area (Å²) in [6.07, 6.45) is 1.74. The van der Waals surface area contributed by atoms with Gasteiger partial charge >= 0.3 is 0 Å². The number of benzene rings is 1. The molecule has 0 radical (unpaired) electrons. The normalized spacial score (nSPS) is 11.5. The van der Waals surface area contributed by atoms with Crippen molar-refractivity contribution in [3.8, 4) is 5.75 Å². The Labute approximate surface area is 125 Å². The molecular formula is C14H22N2O4S. The van der Waals surface area contributed by atoms with Crippen LogP contribution in [-0.4, -0.2) is 27.0 Å². The van der Waals surface area contributed by atoms with Crippen molar-refractivity contribution in [2.75, 3.05) is 6.61 Å². The maximum atomic E-state index is 11.9. The fourth-order valence-electron chi connectivity index (χ4n) is 1.66. The molecule has 0 saturated heterocycles. The van der Waals surface area contributed by atoms with Crippen molar-refractivity contribution >= 4 is 15.9 Å². The second-order valence-electron chi connectivity index (χ2n) is 5.04. The molecule has 21 heavy (non-hydrogen) atoms. The molecule has 1 amide bonds. The third kappa shape index (κ3) is 5.35. The Morgan fingerprint density at radius 3 is 2.57 bits per heavy atom. The van der Waals surface area contributed by atoms with Crippen molar-refractivity contribution in [2.45, 2.75) is 44.6 Å². The number of sulfonamides is 1. The summed E-state index contributed by atoms with van der Waals surface area (Å²) in [5.74, 6) is -0.179. The molecule has 0 unspecified atom stereocenters. The van der Waals surface area contributed by atoms with Crippen LogP contribution in [0.25, 0.3) is 0 Å². The third-order valence-corrected chi connectivity index (χ3v) is 3.62. The first-order valence-electron chi connectivity index (χ1n) is 6.86. The van der Waals surface area contributed by atoms with E-state index in [1.807, 2.05) is 20.8 Å². The lowest BCUT2D eigenvalue weighted by Crippen LogP contribution is -2.30. The molecule has 6 nitrogen and oxygen atoms in total. The minimum Gasteiger partial charge on any atom is -0.492 e. The van der Waals surface area contributed by atoms with E-state index >= 15 is 0 Å². The lowest BCUT2D eigenvalue weighted by Gasteiger charge is -2.13. The first-order valence-corrected chi connectivity index (χ1v) is 8.40. The Kier molecular flexibility index (Phi) is 6.17. The molecule has 0 heterocycles. The van der Waals surface area contributed by atoms with E-state index in [4.69, 9.17) is 9.88 Å². The molecule has 118 valence electrons. The number of primary sulfonamides is 1. The molecule has 7 heteroatoms. The highest BCUT2D eigenvalue weighted by Gasteiger charge is 2.18. The van der Waals surface area contributed by atoms with Gasteiger partial charge in [-0.25, -0.2) is 13.6 Å². The van der Waals surface area contributed by atoms with Gasteiger partial charge < -0.3 is 10.1 Å². The molecule has 1 rings (SSSR count). The van der Waals surface area contributed by atoms with Crippen LogP contribution in [0.15, 0.2) is 23.1 Å². The van der Waals surface area contributed by atoms with E-state index < -0.39 is 10.0 Å². The fraction of sp³-hybridized carbons (Fsp3) is 0.500. The Morgan fingerprint density at radius 2 is 2.05 bits per heavy atom. The number of nitrogens with two attached hydrogens (primary N) is 1. The van der Waals surface area contributed by atoms with Gasteiger partial charge in [0.1, 0.15) is 10.6 Å². The summed E-state index contributed by atoms with van der Waals surface area (Å²) < 4.78 is 28.7. The smallest absolute Gasteiger partial charge is 0.251 e. The molecule has 0 aromatic heterocycles. The molecular weight excluding hydrogens is 292 g/mol. The number of carbonyl (C=O) groups excluding carboxylic acids is 1. The molecule has 0 bridgehead atoms. The minimum atomic E-state index is -3.96. The Balaban J connectivity index is 3.10. The number of hydrogen-bond donors (Lipinski definition) is 2. The minimum absolute atomic E-state index is 0.0454. The van der Waals surface area contributed by atoms with Gasteiger partial charge in [0, 0.05) is 11.6 Å². The summed E-state index contributed by atoms with van der Waals surface area (Å²) in [4.78, 5) is 11.7. The van der Waals surface area contributed by atoms with E-state index in [1.54, 1.807) is 0 Å². The number of rotatable bonds is 7. The van der Waals surface area contributed by atoms with E-state index in [0.29, 0.717) is 6.61 Å². The molecule has 0 aliphatic rings. The molecule has 0 saturated carbocycles. The predicted molar refractivity (Wildman–Crippen MR) is 80.8 cm³/mol. The zero-order valence-electron chi connectivity index (χ0n) is 12.5. The van der Waals surface area contributed by atoms with Crippen LogP contribution in [0.1, 0.15) is 44.0 Å². The summed E-state index contributed by atoms with van der Waals surface area (Å²) >= 11 is 0. The third-order valence-electron chi connectivity index (χ3n) is 2.69. The number of unbranched alkanes of at least 4 members (excludes halogenated alkanes) is 1. The molecule has 0 fully saturated rings. The SMILES string of the molecule is CCCCOc1ccc(C(=O)NC(C)C)cc1S(N)(=O)=O. The molecule has 3 N–H and O–H groups in total. The molecule has 0 aliphatic carbocycles. The van der Waals surface area contributed by atoms with Gasteiger partial charge in [0.15, 0.2) is 0 Å². The van der Waals surface area contributed by atoms with Crippen molar-refractivity contribution < 1.29 is 17.9 Å². The van der Waals surface area contributed by atoms with Gasteiger partial charge in [0.2, 0.25) is 10.0 Å². The van der Waals surface area contributed by atoms with Gasteiger partial charge in [-0.1, -0.05) is 13.3 Å². The van der Waals surface area contributed by atoms with Crippen molar-refractivity contribution in [3.63, 3.8) is 0 Å². The predicted octanol–water partition coefficient (Wildman–Crippen LogP) is 1.65. The van der Waals surface area contributed by atoms with Crippen molar-refractivity contribution in [1.82, 2.24) is 5.32 Å². The van der Waals surface area contributed by atoms with Gasteiger partial charge in [-0.2, -0.15) is 0 Å². The van der Waals surface area contributed by atoms with E-state index in [9.17, 15) is 13.2 Å². The molecule has 0 aliphatic heterocycles. The highest BCUT2D eigenvalue weighted by atomic mass is 32.2. The van der Waals surface area contributed by atoms with Gasteiger partial charge in [0.25, 0.3) is 5.91 Å². The van der Waals surface area contributed by atoms with Gasteiger partial charge in [-0.15, -0.1) is 0 Å². The van der Waals surface area contributed by atoms with Gasteiger partial charge in [-0.05, 0) is 38.5 Å². The number of nitrogens with one attached hydrogen (secondary N) is 1. The zero-order chi connectivity index (χ0) is 16.0. The number of hydrogen-bond acceptors (Lipinski definition) is 4. The van der Waals surface area contributed by atoms with Crippen LogP contribution in [-0.2, 0) is 10.0 Å². The average Bonchev–Trinajstić information content (AvgIpc) is 2.37. The van der Waals surface area contributed by atoms with Crippen molar-refractivity contribution in [2.24, 2.45) is 5.14 Å². The Morgan fingerprint density at radius 1 is 1.38 bits per heavy atom. The van der Waals surface area contributed by atoms with Crippen LogP contribution < -0.4 is 15.2 Å². The monoisotopic (exact) mass is 314 g/mol. The van der Waals surface area contributed by atoms with Crippen LogP contribution in [0.3, 0.4) is 0 Å². The number of amides is 1. The summed E-state index contributed by atoms with van der Waals surface area (Å²) in [6, 6.07) is 4.18. The van der Waals surface area contributed by atoms with Crippen LogP contribution in [0, 0.1) is 0 Å². The zero-order valence-corrected chi connectivity index (χ0v) is 13.4. The average molecular weight is 314 g/mol. The largest absolute Gasteiger partial charge is 0.492 e. The molecule has 1 aromatic carbocycles. The van der Waals surface area contributed by atoms with Crippen LogP contribution in [0.4, 0.5) is 0 Å². The topological polar surface area (TPSA) is 98.5 Å². The van der Waals surface area contributed by atoms with Crippen LogP contribution in [0.5, 0.6) is 5.75 Å². The first-order chi connectivity index (χ1) is 9.75. The fourth-order valence-corrected chi connectivity index (χ4v) is 2.36. The highest BCUT2D eigenvalue weighted by Crippen LogP contribution is 2.24. The lowest BCUT2D eigenvalue weighted by molar-refractivity contribution is 0.0943. The summed E-state index contributed by atoms with van der Waals surface area (Å²) in [6.45, 7) is 6.04. The Bertz CT molecular complexity index is 597. The second kappa shape index (κ2) is 7.42. The first kappa shape index (κ1) is 17.5. The lowest BCUT2D eigenvalue weighted by atomic mass is 10.2. The number of carbonyl (C=O) groups is 1. The van der Waals surface area contributed by atoms with E-state index in [2.05, 4.69) is 5.32 Å². The van der Waals surface area contributed by atoms with E-state index in [-0.39, 0.29) is 28.2 Å². The van der Waals surface area contributed by atoms with Crippen LogP contribution >= 0.6 is 0 Å². The quantitative estimate of drug-likeness (QED) is 0.748. The number of ether oxygens (including phenoxy) is 1. The maximum Gasteiger partial charge on any atom is 0.251 e. The summed E-state index contributed by atoms with van der Waals surface area (Å²) in [5.41, 5.74) is 0.232. The Hall–Kier alpha value is -1.60. The summed E-state index contributed by atoms with van der Waals surface area (Å²) in [7, 11) is -3.96. The maximum absolute atomic E-state index is 11.9. The van der Waals surface area contributed by atoms with E-state index in [1.165, 1.54) is 18.2 Å². The molecule has 1 aromatic rings. The van der Waals surface area contributed by atoms with Gasteiger partial charge in [0.05, 0.1) is 6.61 Å². The second-order valence-corrected chi connectivity index (χ2v) is 6.57.